The van der Waals surface area contributed by atoms with Crippen molar-refractivity contribution in [3.8, 4) is 22.5 Å². The lowest BCUT2D eigenvalue weighted by Crippen LogP contribution is -2.13. The van der Waals surface area contributed by atoms with Crippen LogP contribution in [0.3, 0.4) is 0 Å². The molecule has 1 aromatic carbocycles. The van der Waals surface area contributed by atoms with E-state index in [1.54, 1.807) is 19.1 Å². The molecule has 0 aliphatic heterocycles. The number of fused-ring (bicyclic) bond motifs is 1. The largest absolute Gasteiger partial charge is 0.466 e. The molecule has 0 fully saturated rings. The summed E-state index contributed by atoms with van der Waals surface area (Å²) in [6, 6.07) is 12.8. The van der Waals surface area contributed by atoms with Crippen LogP contribution in [0.2, 0.25) is 0 Å². The highest BCUT2D eigenvalue weighted by Crippen LogP contribution is 2.31. The number of nitrogens with zero attached hydrogens (tertiary/aromatic N) is 3. The number of furan rings is 1. The van der Waals surface area contributed by atoms with Crippen molar-refractivity contribution < 1.29 is 18.3 Å². The summed E-state index contributed by atoms with van der Waals surface area (Å²) in [7, 11) is 0. The van der Waals surface area contributed by atoms with Crippen LogP contribution in [0.5, 0.6) is 0 Å². The van der Waals surface area contributed by atoms with Crippen LogP contribution in [0.4, 0.5) is 5.69 Å². The van der Waals surface area contributed by atoms with Crippen LogP contribution < -0.4 is 5.32 Å². The summed E-state index contributed by atoms with van der Waals surface area (Å²) in [6.45, 7) is 5.50. The number of hydrogen-bond donors (Lipinski definition) is 1. The Bertz CT molecular complexity index is 1410. The van der Waals surface area contributed by atoms with Crippen molar-refractivity contribution in [3.63, 3.8) is 0 Å². The fourth-order valence-electron chi connectivity index (χ4n) is 3.61. The highest BCUT2D eigenvalue weighted by atomic mass is 16.5. The second kappa shape index (κ2) is 7.24. The lowest BCUT2D eigenvalue weighted by atomic mass is 10.0. The van der Waals surface area contributed by atoms with Crippen LogP contribution in [0.15, 0.2) is 62.2 Å². The zero-order valence-electron chi connectivity index (χ0n) is 17.1. The van der Waals surface area contributed by atoms with Crippen LogP contribution in [-0.2, 0) is 0 Å². The third kappa shape index (κ3) is 3.38. The molecule has 0 bridgehead atoms. The normalized spacial score (nSPS) is 11.2. The van der Waals surface area contributed by atoms with Crippen LogP contribution in [0.25, 0.3) is 33.6 Å². The predicted molar refractivity (Wildman–Crippen MR) is 114 cm³/mol. The van der Waals surface area contributed by atoms with Crippen LogP contribution in [0, 0.1) is 20.8 Å². The van der Waals surface area contributed by atoms with Crippen molar-refractivity contribution >= 4 is 22.7 Å². The Labute approximate surface area is 176 Å². The number of aromatic nitrogens is 3. The van der Waals surface area contributed by atoms with Crippen molar-refractivity contribution in [1.82, 2.24) is 15.3 Å². The molecule has 31 heavy (non-hydrogen) atoms. The van der Waals surface area contributed by atoms with E-state index < -0.39 is 0 Å². The van der Waals surface area contributed by atoms with Gasteiger partial charge in [0.05, 0.1) is 22.3 Å². The average Bonchev–Trinajstić information content (AvgIpc) is 3.48. The summed E-state index contributed by atoms with van der Waals surface area (Å²) in [5.41, 5.74) is 4.84. The third-order valence-corrected chi connectivity index (χ3v) is 5.03. The molecule has 0 spiro atoms. The number of rotatable bonds is 4. The number of hydrogen-bond acceptors (Lipinski definition) is 7. The Hall–Kier alpha value is -4.20. The topological polar surface area (TPSA) is 107 Å². The van der Waals surface area contributed by atoms with E-state index in [9.17, 15) is 4.79 Å². The van der Waals surface area contributed by atoms with Gasteiger partial charge < -0.3 is 18.8 Å². The molecule has 4 heterocycles. The molecule has 8 nitrogen and oxygen atoms in total. The van der Waals surface area contributed by atoms with Crippen molar-refractivity contribution in [2.24, 2.45) is 0 Å². The van der Waals surface area contributed by atoms with Gasteiger partial charge in [0.25, 0.3) is 11.6 Å². The summed E-state index contributed by atoms with van der Waals surface area (Å²) >= 11 is 0. The molecule has 1 amide bonds. The first-order valence-electron chi connectivity index (χ1n) is 9.66. The molecule has 0 atom stereocenters. The van der Waals surface area contributed by atoms with Gasteiger partial charge >= 0.3 is 0 Å². The maximum atomic E-state index is 13.3. The van der Waals surface area contributed by atoms with Gasteiger partial charge in [0.1, 0.15) is 23.5 Å². The third-order valence-electron chi connectivity index (χ3n) is 5.03. The monoisotopic (exact) mass is 414 g/mol. The van der Waals surface area contributed by atoms with E-state index in [2.05, 4.69) is 20.6 Å². The van der Waals surface area contributed by atoms with Gasteiger partial charge in [0.2, 0.25) is 0 Å². The maximum absolute atomic E-state index is 13.3. The van der Waals surface area contributed by atoms with Gasteiger partial charge in [-0.1, -0.05) is 22.4 Å². The number of aryl methyl sites for hydroxylation is 3. The Morgan fingerprint density at radius 2 is 1.87 bits per heavy atom. The molecule has 0 saturated carbocycles. The lowest BCUT2D eigenvalue weighted by molar-refractivity contribution is 0.102. The second-order valence-electron chi connectivity index (χ2n) is 7.25. The van der Waals surface area contributed by atoms with E-state index in [1.165, 1.54) is 6.26 Å². The molecule has 0 aliphatic carbocycles. The molecule has 5 rings (SSSR count). The van der Waals surface area contributed by atoms with Gasteiger partial charge in [-0.05, 0) is 45.0 Å². The summed E-state index contributed by atoms with van der Waals surface area (Å²) in [5, 5.41) is 11.5. The number of amides is 1. The van der Waals surface area contributed by atoms with Crippen molar-refractivity contribution in [1.29, 1.82) is 0 Å². The lowest BCUT2D eigenvalue weighted by Gasteiger charge is -2.09. The van der Waals surface area contributed by atoms with Gasteiger partial charge in [-0.25, -0.2) is 4.98 Å². The molecule has 5 aromatic rings. The number of pyridine rings is 1. The molecule has 0 saturated heterocycles. The van der Waals surface area contributed by atoms with E-state index in [0.29, 0.717) is 45.2 Å². The highest BCUT2D eigenvalue weighted by molar-refractivity contribution is 6.13. The van der Waals surface area contributed by atoms with Gasteiger partial charge in [0.15, 0.2) is 0 Å². The number of benzene rings is 1. The minimum Gasteiger partial charge on any atom is -0.466 e. The molecular formula is C23H18N4O4. The molecule has 0 unspecified atom stereocenters. The van der Waals surface area contributed by atoms with Crippen molar-refractivity contribution in [2.45, 2.75) is 20.8 Å². The number of carbonyl (C=O) groups excluding carboxylic acids is 1. The summed E-state index contributed by atoms with van der Waals surface area (Å²) in [4.78, 5) is 17.8. The zero-order chi connectivity index (χ0) is 21.5. The SMILES string of the molecule is Cc1cc(-c2cc(C(=O)Nc3cccc(-c4ccon4)c3)c3c(C)noc3n2)c(C)o1. The van der Waals surface area contributed by atoms with Crippen molar-refractivity contribution in [2.75, 3.05) is 5.32 Å². The predicted octanol–water partition coefficient (Wildman–Crippen LogP) is 5.32. The fraction of sp³-hybridized carbons (Fsp3) is 0.130. The second-order valence-corrected chi connectivity index (χ2v) is 7.25. The van der Waals surface area contributed by atoms with Gasteiger partial charge in [-0.2, -0.15) is 0 Å². The maximum Gasteiger partial charge on any atom is 0.259 e. The van der Waals surface area contributed by atoms with E-state index in [-0.39, 0.29) is 5.91 Å². The average molecular weight is 414 g/mol. The van der Waals surface area contributed by atoms with Gasteiger partial charge in [-0.15, -0.1) is 0 Å². The van der Waals surface area contributed by atoms with Crippen LogP contribution in [-0.4, -0.2) is 21.2 Å². The molecular weight excluding hydrogens is 396 g/mol. The van der Waals surface area contributed by atoms with Gasteiger partial charge in [-0.3, -0.25) is 4.79 Å². The molecule has 154 valence electrons. The van der Waals surface area contributed by atoms with E-state index in [4.69, 9.17) is 13.5 Å². The Balaban J connectivity index is 1.56. The quantitative estimate of drug-likeness (QED) is 0.424. The highest BCUT2D eigenvalue weighted by Gasteiger charge is 2.21. The summed E-state index contributed by atoms with van der Waals surface area (Å²) < 4.78 is 15.9. The summed E-state index contributed by atoms with van der Waals surface area (Å²) in [6.07, 6.45) is 1.50. The first-order chi connectivity index (χ1) is 15.0. The zero-order valence-corrected chi connectivity index (χ0v) is 17.1. The number of anilines is 1. The first-order valence-corrected chi connectivity index (χ1v) is 9.66. The molecule has 0 radical (unpaired) electrons. The minimum atomic E-state index is -0.296. The minimum absolute atomic E-state index is 0.296. The smallest absolute Gasteiger partial charge is 0.259 e. The fourth-order valence-corrected chi connectivity index (χ4v) is 3.61. The molecule has 8 heteroatoms. The summed E-state index contributed by atoms with van der Waals surface area (Å²) in [5.74, 6) is 1.18. The molecule has 1 N–H and O–H groups in total. The Morgan fingerprint density at radius 3 is 2.61 bits per heavy atom. The first kappa shape index (κ1) is 18.8. The van der Waals surface area contributed by atoms with Crippen LogP contribution >= 0.6 is 0 Å². The van der Waals surface area contributed by atoms with E-state index >= 15 is 0 Å². The Morgan fingerprint density at radius 1 is 1.00 bits per heavy atom. The van der Waals surface area contributed by atoms with Crippen LogP contribution in [0.1, 0.15) is 27.6 Å². The molecule has 0 aliphatic rings. The Kier molecular flexibility index (Phi) is 4.39. The molecule has 4 aromatic heterocycles. The van der Waals surface area contributed by atoms with E-state index in [1.807, 2.05) is 44.2 Å². The van der Waals surface area contributed by atoms with E-state index in [0.717, 1.165) is 16.9 Å². The van der Waals surface area contributed by atoms with Gasteiger partial charge in [0, 0.05) is 22.9 Å². The van der Waals surface area contributed by atoms with Crippen molar-refractivity contribution in [3.05, 3.63) is 71.5 Å². The number of carbonyl (C=O) groups is 1. The number of nitrogens with one attached hydrogen (secondary N) is 1. The standard InChI is InChI=1S/C23H18N4O4/c1-12-9-17(14(3)30-12)20-11-18(21-13(2)26-31-23(21)25-20)22(28)24-16-6-4-5-15(10-16)19-7-8-29-27-19/h4-11H,1-3H3,(H,24,28).